The highest BCUT2D eigenvalue weighted by atomic mass is 16.2. The average Bonchev–Trinajstić information content (AvgIpc) is 1.81. The maximum absolute atomic E-state index is 11.3. The fraction of sp³-hybridized carbons (Fsp3) is 0.750. The number of rotatable bonds is 0. The van der Waals surface area contributed by atoms with Crippen molar-refractivity contribution in [3.63, 3.8) is 0 Å². The first-order valence-corrected chi connectivity index (χ1v) is 4.12. The van der Waals surface area contributed by atoms with Gasteiger partial charge in [0.1, 0.15) is 0 Å². The van der Waals surface area contributed by atoms with Crippen molar-refractivity contribution in [2.45, 2.75) is 31.8 Å². The Morgan fingerprint density at radius 2 is 2.08 bits per heavy atom. The third-order valence-electron chi connectivity index (χ3n) is 2.69. The highest BCUT2D eigenvalue weighted by Crippen LogP contribution is 2.35. The van der Waals surface area contributed by atoms with Crippen LogP contribution in [0.4, 0.5) is 0 Å². The summed E-state index contributed by atoms with van der Waals surface area (Å²) in [7, 11) is 0. The molecule has 0 radical (unpaired) electrons. The van der Waals surface area contributed by atoms with Crippen LogP contribution in [0.2, 0.25) is 0 Å². The zero-order valence-corrected chi connectivity index (χ0v) is 7.18. The molecular formula is C8H12N2O2. The largest absolute Gasteiger partial charge is 0.307 e. The lowest BCUT2D eigenvalue weighted by molar-refractivity contribution is -0.146. The molecule has 2 unspecified atom stereocenters. The Kier molecular flexibility index (Phi) is 1.33. The van der Waals surface area contributed by atoms with E-state index in [1.54, 1.807) is 0 Å². The van der Waals surface area contributed by atoms with E-state index < -0.39 is 0 Å². The third-order valence-corrected chi connectivity index (χ3v) is 2.69. The van der Waals surface area contributed by atoms with Crippen molar-refractivity contribution in [3.05, 3.63) is 0 Å². The topological polar surface area (TPSA) is 58.2 Å². The molecule has 4 nitrogen and oxygen atoms in total. The Balaban J connectivity index is 2.18. The molecule has 2 rings (SSSR count). The second kappa shape index (κ2) is 2.07. The Morgan fingerprint density at radius 3 is 2.58 bits per heavy atom. The smallest absolute Gasteiger partial charge is 0.233 e. The number of nitrogens with one attached hydrogen (secondary N) is 2. The van der Waals surface area contributed by atoms with Crippen LogP contribution in [0.3, 0.4) is 0 Å². The number of carbonyl (C=O) groups excluding carboxylic acids is 2. The third kappa shape index (κ3) is 0.876. The summed E-state index contributed by atoms with van der Waals surface area (Å²) in [5.74, 6) is -0.320. The summed E-state index contributed by atoms with van der Waals surface area (Å²) in [5.41, 5.74) is -0.143. The highest BCUT2D eigenvalue weighted by Gasteiger charge is 2.54. The van der Waals surface area contributed by atoms with Gasteiger partial charge in [0.15, 0.2) is 0 Å². The molecule has 2 saturated heterocycles. The second-order valence-electron chi connectivity index (χ2n) is 4.07. The van der Waals surface area contributed by atoms with Crippen LogP contribution in [0.5, 0.6) is 0 Å². The summed E-state index contributed by atoms with van der Waals surface area (Å²) < 4.78 is 0. The van der Waals surface area contributed by atoms with Crippen molar-refractivity contribution in [3.8, 4) is 0 Å². The van der Waals surface area contributed by atoms with Crippen LogP contribution in [0.1, 0.15) is 20.3 Å². The number of hydrogen-bond acceptors (Lipinski definition) is 3. The predicted octanol–water partition coefficient (Wildman–Crippen LogP) is -0.601. The van der Waals surface area contributed by atoms with Crippen LogP contribution < -0.4 is 10.6 Å². The molecule has 12 heavy (non-hydrogen) atoms. The van der Waals surface area contributed by atoms with Crippen molar-refractivity contribution in [1.29, 1.82) is 0 Å². The fourth-order valence-electron chi connectivity index (χ4n) is 2.20. The Labute approximate surface area is 70.7 Å². The fourth-order valence-corrected chi connectivity index (χ4v) is 2.20. The zero-order chi connectivity index (χ0) is 8.93. The van der Waals surface area contributed by atoms with Crippen LogP contribution in [-0.2, 0) is 9.59 Å². The van der Waals surface area contributed by atoms with E-state index in [1.165, 1.54) is 0 Å². The lowest BCUT2D eigenvalue weighted by atomic mass is 9.69. The number of carbonyl (C=O) groups is 2. The Bertz CT molecular complexity index is 260. The van der Waals surface area contributed by atoms with E-state index in [2.05, 4.69) is 10.6 Å². The Hall–Kier alpha value is -0.900. The quantitative estimate of drug-likeness (QED) is 0.475. The van der Waals surface area contributed by atoms with Gasteiger partial charge < -0.3 is 5.32 Å². The summed E-state index contributed by atoms with van der Waals surface area (Å²) in [4.78, 5) is 22.2. The molecule has 0 aromatic heterocycles. The summed E-state index contributed by atoms with van der Waals surface area (Å²) in [6, 6.07) is 0.0706. The van der Waals surface area contributed by atoms with Gasteiger partial charge in [-0.3, -0.25) is 14.9 Å². The number of fused-ring (bicyclic) bond motifs is 1. The molecule has 0 aromatic rings. The van der Waals surface area contributed by atoms with Gasteiger partial charge in [0.25, 0.3) is 0 Å². The van der Waals surface area contributed by atoms with E-state index in [9.17, 15) is 9.59 Å². The molecular weight excluding hydrogens is 156 g/mol. The van der Waals surface area contributed by atoms with Gasteiger partial charge in [0.05, 0.1) is 5.92 Å². The van der Waals surface area contributed by atoms with E-state index in [-0.39, 0.29) is 29.3 Å². The molecule has 2 aliphatic heterocycles. The van der Waals surface area contributed by atoms with Crippen LogP contribution in [0, 0.1) is 5.92 Å². The molecule has 0 aromatic carbocycles. The highest BCUT2D eigenvalue weighted by molar-refractivity contribution is 6.01. The van der Waals surface area contributed by atoms with Gasteiger partial charge in [-0.1, -0.05) is 0 Å². The normalized spacial score (nSPS) is 38.2. The second-order valence-corrected chi connectivity index (χ2v) is 4.07. The van der Waals surface area contributed by atoms with E-state index >= 15 is 0 Å². The van der Waals surface area contributed by atoms with Gasteiger partial charge in [-0.05, 0) is 13.8 Å². The standard InChI is InChI=1S/C8H12N2O2/c1-8(2)6-4(10-8)3-5(11)9-7(6)12/h4,6,10H,3H2,1-2H3,(H,9,11,12). The number of amides is 2. The first-order chi connectivity index (χ1) is 5.50. The number of hydrogen-bond donors (Lipinski definition) is 2. The van der Waals surface area contributed by atoms with Crippen LogP contribution in [-0.4, -0.2) is 23.4 Å². The minimum absolute atomic E-state index is 0.0322. The van der Waals surface area contributed by atoms with Crippen molar-refractivity contribution in [1.82, 2.24) is 10.6 Å². The Morgan fingerprint density at radius 1 is 1.42 bits per heavy atom. The van der Waals surface area contributed by atoms with Gasteiger partial charge in [-0.15, -0.1) is 0 Å². The molecule has 2 heterocycles. The molecule has 2 atom stereocenters. The van der Waals surface area contributed by atoms with Gasteiger partial charge >= 0.3 is 0 Å². The maximum Gasteiger partial charge on any atom is 0.233 e. The monoisotopic (exact) mass is 168 g/mol. The first-order valence-electron chi connectivity index (χ1n) is 4.12. The minimum atomic E-state index is -0.163. The van der Waals surface area contributed by atoms with E-state index in [4.69, 9.17) is 0 Å². The number of imide groups is 1. The van der Waals surface area contributed by atoms with Gasteiger partial charge in [-0.25, -0.2) is 0 Å². The molecule has 0 aliphatic carbocycles. The van der Waals surface area contributed by atoms with Crippen LogP contribution in [0.15, 0.2) is 0 Å². The maximum atomic E-state index is 11.3. The van der Waals surface area contributed by atoms with E-state index in [0.29, 0.717) is 6.42 Å². The molecule has 2 N–H and O–H groups in total. The van der Waals surface area contributed by atoms with Crippen molar-refractivity contribution in [2.24, 2.45) is 5.92 Å². The SMILES string of the molecule is CC1(C)NC2CC(=O)NC(=O)C21. The van der Waals surface area contributed by atoms with Gasteiger partial charge in [-0.2, -0.15) is 0 Å². The lowest BCUT2D eigenvalue weighted by Gasteiger charge is -2.53. The van der Waals surface area contributed by atoms with Crippen LogP contribution >= 0.6 is 0 Å². The first kappa shape index (κ1) is 7.73. The molecule has 4 heteroatoms. The van der Waals surface area contributed by atoms with Crippen LogP contribution in [0.25, 0.3) is 0 Å². The van der Waals surface area contributed by atoms with Crippen molar-refractivity contribution in [2.75, 3.05) is 0 Å². The molecule has 66 valence electrons. The van der Waals surface area contributed by atoms with E-state index in [1.807, 2.05) is 13.8 Å². The molecule has 2 fully saturated rings. The van der Waals surface area contributed by atoms with E-state index in [0.717, 1.165) is 0 Å². The molecule has 0 saturated carbocycles. The summed E-state index contributed by atoms with van der Waals surface area (Å²) >= 11 is 0. The molecule has 2 amide bonds. The average molecular weight is 168 g/mol. The summed E-state index contributed by atoms with van der Waals surface area (Å²) in [6.45, 7) is 3.95. The summed E-state index contributed by atoms with van der Waals surface area (Å²) in [5, 5.41) is 5.55. The van der Waals surface area contributed by atoms with Crippen molar-refractivity contribution >= 4 is 11.8 Å². The molecule has 2 aliphatic rings. The van der Waals surface area contributed by atoms with Crippen molar-refractivity contribution < 1.29 is 9.59 Å². The predicted molar refractivity (Wildman–Crippen MR) is 42.3 cm³/mol. The molecule has 0 spiro atoms. The summed E-state index contributed by atoms with van der Waals surface area (Å²) in [6.07, 6.45) is 0.430. The zero-order valence-electron chi connectivity index (χ0n) is 7.18. The van der Waals surface area contributed by atoms with Gasteiger partial charge in [0.2, 0.25) is 11.8 Å². The minimum Gasteiger partial charge on any atom is -0.307 e. The molecule has 0 bridgehead atoms. The lowest BCUT2D eigenvalue weighted by Crippen LogP contribution is -2.75. The van der Waals surface area contributed by atoms with Gasteiger partial charge in [0, 0.05) is 18.0 Å². The number of piperidine rings is 1.